The maximum absolute atomic E-state index is 5.51. The second-order valence-corrected chi connectivity index (χ2v) is 9.23. The fraction of sp³-hybridized carbons (Fsp3) is 0.619. The van der Waals surface area contributed by atoms with Gasteiger partial charge in [0.25, 0.3) is 0 Å². The van der Waals surface area contributed by atoms with Crippen LogP contribution >= 0.6 is 0 Å². The Morgan fingerprint density at radius 1 is 1.11 bits per heavy atom. The Morgan fingerprint density at radius 3 is 2.71 bits per heavy atom. The zero-order chi connectivity index (χ0) is 19.3. The minimum atomic E-state index is 0.0109. The van der Waals surface area contributed by atoms with Crippen LogP contribution in [0, 0.1) is 0 Å². The summed E-state index contributed by atoms with van der Waals surface area (Å²) in [4.78, 5) is 2.49. The first kappa shape index (κ1) is 17.8. The normalized spacial score (nSPS) is 18.8. The quantitative estimate of drug-likeness (QED) is 0.694. The van der Waals surface area contributed by atoms with Gasteiger partial charge in [-0.05, 0) is 50.9 Å². The third kappa shape index (κ3) is 3.11. The molecule has 0 unspecified atom stereocenters. The molecule has 0 amide bonds. The molecule has 3 aromatic rings. The van der Waals surface area contributed by atoms with E-state index >= 15 is 0 Å². The maximum Gasteiger partial charge on any atom is 0.177 e. The number of hydrogen-bond acceptors (Lipinski definition) is 6. The van der Waals surface area contributed by atoms with Crippen LogP contribution in [0.25, 0.3) is 5.65 Å². The molecule has 7 nitrogen and oxygen atoms in total. The van der Waals surface area contributed by atoms with Crippen LogP contribution in [-0.4, -0.2) is 43.0 Å². The second-order valence-electron chi connectivity index (χ2n) is 9.23. The van der Waals surface area contributed by atoms with E-state index in [4.69, 9.17) is 9.62 Å². The molecule has 0 radical (unpaired) electrons. The molecule has 1 saturated heterocycles. The molecule has 5 rings (SSSR count). The Kier molecular flexibility index (Phi) is 4.23. The van der Waals surface area contributed by atoms with Crippen molar-refractivity contribution in [2.24, 2.45) is 0 Å². The van der Waals surface area contributed by atoms with Crippen LogP contribution < -0.4 is 0 Å². The van der Waals surface area contributed by atoms with Crippen LogP contribution in [0.4, 0.5) is 0 Å². The smallest absolute Gasteiger partial charge is 0.177 e. The molecule has 4 heterocycles. The first-order valence-corrected chi connectivity index (χ1v) is 10.4. The minimum Gasteiger partial charge on any atom is -0.361 e. The Balaban J connectivity index is 1.30. The average molecular weight is 380 g/mol. The average Bonchev–Trinajstić information content (AvgIpc) is 3.38. The largest absolute Gasteiger partial charge is 0.361 e. The van der Waals surface area contributed by atoms with Gasteiger partial charge in [0.15, 0.2) is 11.5 Å². The number of piperidine rings is 1. The highest BCUT2D eigenvalue weighted by molar-refractivity contribution is 5.38. The predicted molar refractivity (Wildman–Crippen MR) is 105 cm³/mol. The number of fused-ring (bicyclic) bond motifs is 2. The van der Waals surface area contributed by atoms with E-state index in [1.807, 2.05) is 10.6 Å². The molecular weight excluding hydrogens is 352 g/mol. The van der Waals surface area contributed by atoms with E-state index in [1.165, 1.54) is 12.0 Å². The standard InChI is InChI=1S/C21H28N6O/c1-21(2,3)18-7-8-19-22-23-20(27(19)24-18)14-9-11-26(12-10-14)13-16-15-5-4-6-17(15)28-25-16/h7-8,14H,4-6,9-13H2,1-3H3. The van der Waals surface area contributed by atoms with Gasteiger partial charge in [0, 0.05) is 29.9 Å². The van der Waals surface area contributed by atoms with Crippen molar-refractivity contribution in [2.45, 2.75) is 70.8 Å². The molecular formula is C21H28N6O. The summed E-state index contributed by atoms with van der Waals surface area (Å²) < 4.78 is 7.47. The number of nitrogens with zero attached hydrogens (tertiary/aromatic N) is 6. The molecule has 1 aliphatic heterocycles. The van der Waals surface area contributed by atoms with Gasteiger partial charge in [-0.2, -0.15) is 9.61 Å². The number of rotatable bonds is 3. The Bertz CT molecular complexity index is 990. The van der Waals surface area contributed by atoms with Gasteiger partial charge in [-0.25, -0.2) is 0 Å². The van der Waals surface area contributed by atoms with Gasteiger partial charge in [-0.3, -0.25) is 4.90 Å². The summed E-state index contributed by atoms with van der Waals surface area (Å²) in [6.07, 6.45) is 5.52. The topological polar surface area (TPSA) is 72.4 Å². The minimum absolute atomic E-state index is 0.0109. The van der Waals surface area contributed by atoms with E-state index in [0.717, 1.165) is 73.9 Å². The summed E-state index contributed by atoms with van der Waals surface area (Å²) in [5, 5.41) is 18.0. The lowest BCUT2D eigenvalue weighted by Crippen LogP contribution is -2.33. The SMILES string of the molecule is CC(C)(C)c1ccc2nnc(C3CCN(Cc4noc5c4CCC5)CC3)n2n1. The van der Waals surface area contributed by atoms with Gasteiger partial charge in [-0.1, -0.05) is 25.9 Å². The molecule has 0 saturated carbocycles. The van der Waals surface area contributed by atoms with Gasteiger partial charge >= 0.3 is 0 Å². The van der Waals surface area contributed by atoms with E-state index < -0.39 is 0 Å². The van der Waals surface area contributed by atoms with E-state index in [-0.39, 0.29) is 5.41 Å². The number of likely N-dealkylation sites (tertiary alicyclic amines) is 1. The van der Waals surface area contributed by atoms with Crippen molar-refractivity contribution in [3.8, 4) is 0 Å². The van der Waals surface area contributed by atoms with Gasteiger partial charge in [0.05, 0.1) is 5.69 Å². The highest BCUT2D eigenvalue weighted by Crippen LogP contribution is 2.30. The van der Waals surface area contributed by atoms with E-state index in [1.54, 1.807) is 0 Å². The first-order chi connectivity index (χ1) is 13.5. The highest BCUT2D eigenvalue weighted by atomic mass is 16.5. The summed E-state index contributed by atoms with van der Waals surface area (Å²) in [7, 11) is 0. The van der Waals surface area contributed by atoms with Crippen molar-refractivity contribution in [2.75, 3.05) is 13.1 Å². The molecule has 3 aromatic heterocycles. The Labute approximate surface area is 165 Å². The third-order valence-corrected chi connectivity index (χ3v) is 6.16. The Hall–Kier alpha value is -2.28. The molecule has 0 atom stereocenters. The summed E-state index contributed by atoms with van der Waals surface area (Å²) in [5.74, 6) is 2.51. The molecule has 2 aliphatic rings. The van der Waals surface area contributed by atoms with Crippen LogP contribution in [0.2, 0.25) is 0 Å². The van der Waals surface area contributed by atoms with Crippen LogP contribution in [-0.2, 0) is 24.8 Å². The molecule has 7 heteroatoms. The molecule has 0 spiro atoms. The summed E-state index contributed by atoms with van der Waals surface area (Å²) >= 11 is 0. The van der Waals surface area contributed by atoms with Crippen LogP contribution in [0.1, 0.15) is 74.5 Å². The molecule has 0 N–H and O–H groups in total. The molecule has 0 bridgehead atoms. The lowest BCUT2D eigenvalue weighted by molar-refractivity contribution is 0.195. The van der Waals surface area contributed by atoms with E-state index in [2.05, 4.69) is 47.1 Å². The molecule has 28 heavy (non-hydrogen) atoms. The van der Waals surface area contributed by atoms with E-state index in [0.29, 0.717) is 5.92 Å². The van der Waals surface area contributed by atoms with Crippen molar-refractivity contribution >= 4 is 5.65 Å². The highest BCUT2D eigenvalue weighted by Gasteiger charge is 2.28. The molecule has 148 valence electrons. The van der Waals surface area contributed by atoms with Crippen molar-refractivity contribution in [1.29, 1.82) is 0 Å². The zero-order valence-electron chi connectivity index (χ0n) is 17.0. The summed E-state index contributed by atoms with van der Waals surface area (Å²) in [5.41, 5.74) is 4.43. The van der Waals surface area contributed by atoms with Crippen molar-refractivity contribution in [3.05, 3.63) is 40.7 Å². The maximum atomic E-state index is 5.51. The van der Waals surface area contributed by atoms with Gasteiger partial charge in [-0.15, -0.1) is 10.2 Å². The molecule has 1 fully saturated rings. The summed E-state index contributed by atoms with van der Waals surface area (Å²) in [6.45, 7) is 9.54. The van der Waals surface area contributed by atoms with Crippen LogP contribution in [0.5, 0.6) is 0 Å². The van der Waals surface area contributed by atoms with Gasteiger partial charge in [0.2, 0.25) is 0 Å². The van der Waals surface area contributed by atoms with Crippen molar-refractivity contribution < 1.29 is 4.52 Å². The molecule has 0 aromatic carbocycles. The number of aryl methyl sites for hydroxylation is 1. The lowest BCUT2D eigenvalue weighted by atomic mass is 9.92. The third-order valence-electron chi connectivity index (χ3n) is 6.16. The number of hydrogen-bond donors (Lipinski definition) is 0. The van der Waals surface area contributed by atoms with E-state index in [9.17, 15) is 0 Å². The van der Waals surface area contributed by atoms with Gasteiger partial charge < -0.3 is 4.52 Å². The van der Waals surface area contributed by atoms with Crippen molar-refractivity contribution in [3.63, 3.8) is 0 Å². The van der Waals surface area contributed by atoms with Crippen LogP contribution in [0.15, 0.2) is 16.7 Å². The van der Waals surface area contributed by atoms with Crippen molar-refractivity contribution in [1.82, 2.24) is 29.9 Å². The monoisotopic (exact) mass is 380 g/mol. The Morgan fingerprint density at radius 2 is 1.93 bits per heavy atom. The van der Waals surface area contributed by atoms with Gasteiger partial charge in [0.1, 0.15) is 11.5 Å². The first-order valence-electron chi connectivity index (χ1n) is 10.4. The molecule has 1 aliphatic carbocycles. The predicted octanol–water partition coefficient (Wildman–Crippen LogP) is 3.28. The fourth-order valence-corrected chi connectivity index (χ4v) is 4.43. The zero-order valence-corrected chi connectivity index (χ0v) is 17.0. The van der Waals surface area contributed by atoms with Crippen LogP contribution in [0.3, 0.4) is 0 Å². The fourth-order valence-electron chi connectivity index (χ4n) is 4.43. The summed E-state index contributed by atoms with van der Waals surface area (Å²) in [6, 6.07) is 4.09. The number of aromatic nitrogens is 5. The lowest BCUT2D eigenvalue weighted by Gasteiger charge is -2.30. The second kappa shape index (κ2) is 6.65.